The van der Waals surface area contributed by atoms with Crippen LogP contribution in [-0.2, 0) is 0 Å². The molecule has 7 nitrogen and oxygen atoms in total. The van der Waals surface area contributed by atoms with Gasteiger partial charge in [0.05, 0.1) is 31.2 Å². The zero-order chi connectivity index (χ0) is 24.2. The summed E-state index contributed by atoms with van der Waals surface area (Å²) in [5, 5.41) is 6.82. The minimum absolute atomic E-state index is 0.303. The zero-order valence-corrected chi connectivity index (χ0v) is 19.4. The minimum atomic E-state index is -0.433. The van der Waals surface area contributed by atoms with Crippen LogP contribution in [0.25, 0.3) is 0 Å². The van der Waals surface area contributed by atoms with Gasteiger partial charge in [-0.3, -0.25) is 9.59 Å². The lowest BCUT2D eigenvalue weighted by Crippen LogP contribution is -2.21. The number of benzene rings is 3. The van der Waals surface area contributed by atoms with E-state index in [0.29, 0.717) is 29.2 Å². The molecular formula is C27H29N3O4. The summed E-state index contributed by atoms with van der Waals surface area (Å²) in [6.07, 6.45) is 4.90. The maximum Gasteiger partial charge on any atom is 0.273 e. The summed E-state index contributed by atoms with van der Waals surface area (Å²) in [7, 11) is 1.56. The van der Waals surface area contributed by atoms with E-state index in [1.807, 2.05) is 24.3 Å². The van der Waals surface area contributed by atoms with Crippen molar-refractivity contribution in [3.05, 3.63) is 89.5 Å². The fourth-order valence-electron chi connectivity index (χ4n) is 3.14. The molecule has 0 bridgehead atoms. The highest BCUT2D eigenvalue weighted by Crippen LogP contribution is 2.18. The van der Waals surface area contributed by atoms with Gasteiger partial charge >= 0.3 is 0 Å². The van der Waals surface area contributed by atoms with Gasteiger partial charge < -0.3 is 14.8 Å². The van der Waals surface area contributed by atoms with Crippen molar-refractivity contribution in [3.8, 4) is 11.5 Å². The Balaban J connectivity index is 1.57. The lowest BCUT2D eigenvalue weighted by atomic mass is 10.1. The van der Waals surface area contributed by atoms with Crippen LogP contribution in [0.1, 0.15) is 52.5 Å². The molecule has 2 amide bonds. The maximum atomic E-state index is 12.7. The number of anilines is 1. The van der Waals surface area contributed by atoms with Crippen LogP contribution < -0.4 is 20.2 Å². The Labute approximate surface area is 199 Å². The van der Waals surface area contributed by atoms with Crippen LogP contribution in [0.5, 0.6) is 11.5 Å². The lowest BCUT2D eigenvalue weighted by molar-refractivity contribution is 0.0956. The van der Waals surface area contributed by atoms with Gasteiger partial charge in [-0.2, -0.15) is 5.10 Å². The van der Waals surface area contributed by atoms with Gasteiger partial charge in [-0.1, -0.05) is 31.9 Å². The Kier molecular flexibility index (Phi) is 9.22. The molecule has 0 aliphatic rings. The van der Waals surface area contributed by atoms with Gasteiger partial charge in [0, 0.05) is 5.56 Å². The molecule has 0 atom stereocenters. The number of amides is 2. The molecule has 176 valence electrons. The first kappa shape index (κ1) is 24.5. The number of hydrazone groups is 1. The second-order valence-corrected chi connectivity index (χ2v) is 7.55. The van der Waals surface area contributed by atoms with Crippen LogP contribution in [0, 0.1) is 0 Å². The Morgan fingerprint density at radius 1 is 0.882 bits per heavy atom. The summed E-state index contributed by atoms with van der Waals surface area (Å²) < 4.78 is 10.8. The first-order valence-electron chi connectivity index (χ1n) is 11.2. The maximum absolute atomic E-state index is 12.7. The highest BCUT2D eigenvalue weighted by atomic mass is 16.5. The molecule has 0 aliphatic heterocycles. The second kappa shape index (κ2) is 12.8. The Morgan fingerprint density at radius 2 is 1.59 bits per heavy atom. The molecule has 0 saturated carbocycles. The Bertz CT molecular complexity index is 1110. The fourth-order valence-corrected chi connectivity index (χ4v) is 3.14. The molecule has 0 aromatic heterocycles. The van der Waals surface area contributed by atoms with Crippen molar-refractivity contribution >= 4 is 23.7 Å². The summed E-state index contributed by atoms with van der Waals surface area (Å²) in [5.41, 5.74) is 4.48. The van der Waals surface area contributed by atoms with E-state index in [2.05, 4.69) is 22.8 Å². The number of hydrogen-bond acceptors (Lipinski definition) is 5. The number of para-hydroxylation sites is 1. The van der Waals surface area contributed by atoms with Gasteiger partial charge in [-0.05, 0) is 72.6 Å². The van der Waals surface area contributed by atoms with E-state index in [1.165, 1.54) is 0 Å². The molecular weight excluding hydrogens is 430 g/mol. The molecule has 7 heteroatoms. The van der Waals surface area contributed by atoms with Crippen molar-refractivity contribution in [1.82, 2.24) is 5.43 Å². The van der Waals surface area contributed by atoms with E-state index in [1.54, 1.807) is 61.9 Å². The van der Waals surface area contributed by atoms with Gasteiger partial charge in [0.15, 0.2) is 0 Å². The molecule has 0 unspecified atom stereocenters. The SMILES string of the molecule is CCCCCOc1ccc(/C=N/NC(=O)c2ccccc2NC(=O)c2ccc(OC)cc2)cc1. The summed E-state index contributed by atoms with van der Waals surface area (Å²) in [4.78, 5) is 25.3. The normalized spacial score (nSPS) is 10.6. The minimum Gasteiger partial charge on any atom is -0.497 e. The summed E-state index contributed by atoms with van der Waals surface area (Å²) in [5.74, 6) is 0.698. The van der Waals surface area contributed by atoms with Crippen molar-refractivity contribution in [3.63, 3.8) is 0 Å². The number of nitrogens with zero attached hydrogens (tertiary/aromatic N) is 1. The molecule has 2 N–H and O–H groups in total. The number of nitrogens with one attached hydrogen (secondary N) is 2. The third-order valence-electron chi connectivity index (χ3n) is 5.05. The lowest BCUT2D eigenvalue weighted by Gasteiger charge is -2.10. The average Bonchev–Trinajstić information content (AvgIpc) is 2.87. The standard InChI is InChI=1S/C27H29N3O4/c1-3-4-7-18-34-23-14-10-20(11-15-23)19-28-30-27(32)24-8-5-6-9-25(24)29-26(31)21-12-16-22(33-2)17-13-21/h5-6,8-17,19H,3-4,7,18H2,1-2H3,(H,29,31)(H,30,32)/b28-19+. The van der Waals surface area contributed by atoms with Gasteiger partial charge in [0.2, 0.25) is 0 Å². The molecule has 0 fully saturated rings. The molecule has 0 aliphatic carbocycles. The van der Waals surface area contributed by atoms with E-state index in [9.17, 15) is 9.59 Å². The van der Waals surface area contributed by atoms with Crippen LogP contribution in [0.2, 0.25) is 0 Å². The third-order valence-corrected chi connectivity index (χ3v) is 5.05. The largest absolute Gasteiger partial charge is 0.497 e. The predicted molar refractivity (Wildman–Crippen MR) is 134 cm³/mol. The van der Waals surface area contributed by atoms with E-state index in [4.69, 9.17) is 9.47 Å². The van der Waals surface area contributed by atoms with E-state index in [-0.39, 0.29) is 5.91 Å². The smallest absolute Gasteiger partial charge is 0.273 e. The molecule has 0 heterocycles. The van der Waals surface area contributed by atoms with Crippen LogP contribution in [0.15, 0.2) is 77.9 Å². The molecule has 34 heavy (non-hydrogen) atoms. The van der Waals surface area contributed by atoms with Crippen molar-refractivity contribution < 1.29 is 19.1 Å². The number of carbonyl (C=O) groups excluding carboxylic acids is 2. The Morgan fingerprint density at radius 3 is 2.29 bits per heavy atom. The van der Waals surface area contributed by atoms with Crippen molar-refractivity contribution in [2.45, 2.75) is 26.2 Å². The van der Waals surface area contributed by atoms with Gasteiger partial charge in [0.25, 0.3) is 11.8 Å². The van der Waals surface area contributed by atoms with E-state index >= 15 is 0 Å². The topological polar surface area (TPSA) is 89.0 Å². The van der Waals surface area contributed by atoms with Gasteiger partial charge in [0.1, 0.15) is 11.5 Å². The van der Waals surface area contributed by atoms with Gasteiger partial charge in [-0.15, -0.1) is 0 Å². The number of hydrogen-bond donors (Lipinski definition) is 2. The number of methoxy groups -OCH3 is 1. The number of rotatable bonds is 11. The molecule has 0 spiro atoms. The summed E-state index contributed by atoms with van der Waals surface area (Å²) in [6, 6.07) is 21.0. The van der Waals surface area contributed by atoms with E-state index < -0.39 is 5.91 Å². The fraction of sp³-hybridized carbons (Fsp3) is 0.222. The van der Waals surface area contributed by atoms with Crippen LogP contribution in [0.3, 0.4) is 0 Å². The molecule has 3 aromatic rings. The number of ether oxygens (including phenoxy) is 2. The first-order chi connectivity index (χ1) is 16.6. The monoisotopic (exact) mass is 459 g/mol. The quantitative estimate of drug-likeness (QED) is 0.232. The van der Waals surface area contributed by atoms with E-state index in [0.717, 1.165) is 30.6 Å². The molecule has 3 rings (SSSR count). The molecule has 0 saturated heterocycles. The van der Waals surface area contributed by atoms with Crippen molar-refractivity contribution in [2.75, 3.05) is 19.0 Å². The highest BCUT2D eigenvalue weighted by molar-refractivity contribution is 6.09. The molecule has 0 radical (unpaired) electrons. The van der Waals surface area contributed by atoms with Crippen molar-refractivity contribution in [1.29, 1.82) is 0 Å². The third kappa shape index (κ3) is 7.20. The van der Waals surface area contributed by atoms with Crippen LogP contribution in [0.4, 0.5) is 5.69 Å². The highest BCUT2D eigenvalue weighted by Gasteiger charge is 2.14. The number of carbonyl (C=O) groups is 2. The first-order valence-corrected chi connectivity index (χ1v) is 11.2. The number of unbranched alkanes of at least 4 members (excludes halogenated alkanes) is 2. The van der Waals surface area contributed by atoms with Crippen molar-refractivity contribution in [2.24, 2.45) is 5.10 Å². The van der Waals surface area contributed by atoms with Crippen LogP contribution in [-0.4, -0.2) is 31.7 Å². The average molecular weight is 460 g/mol. The summed E-state index contributed by atoms with van der Waals surface area (Å²) >= 11 is 0. The van der Waals surface area contributed by atoms with Gasteiger partial charge in [-0.25, -0.2) is 5.43 Å². The predicted octanol–water partition coefficient (Wildman–Crippen LogP) is 5.28. The Hall–Kier alpha value is -4.13. The summed E-state index contributed by atoms with van der Waals surface area (Å²) in [6.45, 7) is 2.86. The second-order valence-electron chi connectivity index (χ2n) is 7.55. The molecule has 3 aromatic carbocycles. The van der Waals surface area contributed by atoms with Crippen LogP contribution >= 0.6 is 0 Å². The zero-order valence-electron chi connectivity index (χ0n) is 19.4.